The molecule has 192 valence electrons. The van der Waals surface area contributed by atoms with Crippen molar-refractivity contribution in [1.82, 2.24) is 20.1 Å². The molecule has 11 heteroatoms. The number of anilines is 1. The first-order chi connectivity index (χ1) is 17.2. The minimum atomic E-state index is -0.397. The lowest BCUT2D eigenvalue weighted by Crippen LogP contribution is -2.33. The number of nitrogens with zero attached hydrogens (tertiary/aromatic N) is 3. The van der Waals surface area contributed by atoms with Gasteiger partial charge in [-0.25, -0.2) is 0 Å². The number of ether oxygens (including phenoxy) is 1. The maximum absolute atomic E-state index is 12.9. The van der Waals surface area contributed by atoms with E-state index in [4.69, 9.17) is 27.9 Å². The number of amides is 2. The molecule has 36 heavy (non-hydrogen) atoms. The van der Waals surface area contributed by atoms with Gasteiger partial charge in [-0.15, -0.1) is 10.2 Å². The number of aromatic nitrogens is 3. The van der Waals surface area contributed by atoms with Gasteiger partial charge < -0.3 is 19.9 Å². The standard InChI is InChI=1S/C25H29Cl2N5O3S/c1-5-32-23(22(15(3)4)29-24(34)16-7-12-19(26)20(27)13-16)30-31-25(32)36-14-21(33)28-17-8-10-18(11-9-17)35-6-2/h7-13,15,22H,5-6,14H2,1-4H3,(H,28,33)(H,29,34)/t22-/m0/s1. The van der Waals surface area contributed by atoms with Crippen LogP contribution in [0.15, 0.2) is 47.6 Å². The summed E-state index contributed by atoms with van der Waals surface area (Å²) in [6, 6.07) is 11.6. The second kappa shape index (κ2) is 13.0. The van der Waals surface area contributed by atoms with E-state index in [1.54, 1.807) is 24.3 Å². The Bertz CT molecular complexity index is 1200. The lowest BCUT2D eigenvalue weighted by molar-refractivity contribution is -0.113. The highest BCUT2D eigenvalue weighted by Crippen LogP contribution is 2.27. The third kappa shape index (κ3) is 7.15. The fraction of sp³-hybridized carbons (Fsp3) is 0.360. The van der Waals surface area contributed by atoms with Crippen LogP contribution in [-0.2, 0) is 11.3 Å². The summed E-state index contributed by atoms with van der Waals surface area (Å²) < 4.78 is 7.33. The highest BCUT2D eigenvalue weighted by Gasteiger charge is 2.26. The lowest BCUT2D eigenvalue weighted by Gasteiger charge is -2.22. The molecule has 0 saturated carbocycles. The lowest BCUT2D eigenvalue weighted by atomic mass is 10.0. The zero-order valence-corrected chi connectivity index (χ0v) is 22.9. The summed E-state index contributed by atoms with van der Waals surface area (Å²) in [4.78, 5) is 25.4. The number of halogens is 2. The Balaban J connectivity index is 1.68. The molecule has 0 radical (unpaired) electrons. The first-order valence-corrected chi connectivity index (χ1v) is 13.3. The molecule has 2 amide bonds. The van der Waals surface area contributed by atoms with Crippen molar-refractivity contribution in [1.29, 1.82) is 0 Å². The van der Waals surface area contributed by atoms with Crippen LogP contribution in [0.3, 0.4) is 0 Å². The van der Waals surface area contributed by atoms with Gasteiger partial charge in [0.25, 0.3) is 5.91 Å². The second-order valence-corrected chi connectivity index (χ2v) is 9.96. The average molecular weight is 551 g/mol. The van der Waals surface area contributed by atoms with Gasteiger partial charge in [0.15, 0.2) is 11.0 Å². The van der Waals surface area contributed by atoms with E-state index >= 15 is 0 Å². The number of thioether (sulfide) groups is 1. The third-order valence-electron chi connectivity index (χ3n) is 5.26. The largest absolute Gasteiger partial charge is 0.494 e. The van der Waals surface area contributed by atoms with E-state index in [-0.39, 0.29) is 23.5 Å². The molecule has 1 aromatic heterocycles. The Morgan fingerprint density at radius 3 is 2.39 bits per heavy atom. The van der Waals surface area contributed by atoms with Crippen molar-refractivity contribution in [3.8, 4) is 5.75 Å². The van der Waals surface area contributed by atoms with Gasteiger partial charge in [-0.2, -0.15) is 0 Å². The SMILES string of the molecule is CCOc1ccc(NC(=O)CSc2nnc([C@@H](NC(=O)c3ccc(Cl)c(Cl)c3)C(C)C)n2CC)cc1. The molecule has 8 nitrogen and oxygen atoms in total. The zero-order valence-electron chi connectivity index (χ0n) is 20.5. The molecule has 0 aliphatic rings. The summed E-state index contributed by atoms with van der Waals surface area (Å²) in [5.41, 5.74) is 1.09. The minimum absolute atomic E-state index is 0.0343. The summed E-state index contributed by atoms with van der Waals surface area (Å²) >= 11 is 13.3. The van der Waals surface area contributed by atoms with Gasteiger partial charge in [0.1, 0.15) is 5.75 Å². The molecule has 0 fully saturated rings. The number of benzene rings is 2. The van der Waals surface area contributed by atoms with Crippen LogP contribution in [0.4, 0.5) is 5.69 Å². The summed E-state index contributed by atoms with van der Waals surface area (Å²) in [5.74, 6) is 1.11. The van der Waals surface area contributed by atoms with Crippen LogP contribution in [0.25, 0.3) is 0 Å². The molecule has 0 aliphatic heterocycles. The van der Waals surface area contributed by atoms with Gasteiger partial charge >= 0.3 is 0 Å². The van der Waals surface area contributed by atoms with Crippen molar-refractivity contribution >= 4 is 52.5 Å². The summed E-state index contributed by atoms with van der Waals surface area (Å²) in [6.07, 6.45) is 0. The molecule has 0 saturated heterocycles. The van der Waals surface area contributed by atoms with Crippen LogP contribution in [0, 0.1) is 5.92 Å². The third-order valence-corrected chi connectivity index (χ3v) is 6.96. The minimum Gasteiger partial charge on any atom is -0.494 e. The molecule has 1 heterocycles. The topological polar surface area (TPSA) is 98.1 Å². The molecule has 0 bridgehead atoms. The van der Waals surface area contributed by atoms with E-state index in [0.29, 0.717) is 45.4 Å². The van der Waals surface area contributed by atoms with Crippen LogP contribution in [-0.4, -0.2) is 38.9 Å². The van der Waals surface area contributed by atoms with Crippen molar-refractivity contribution in [3.05, 3.63) is 63.9 Å². The fourth-order valence-electron chi connectivity index (χ4n) is 3.45. The summed E-state index contributed by atoms with van der Waals surface area (Å²) in [7, 11) is 0. The number of hydrogen-bond acceptors (Lipinski definition) is 6. The molecule has 1 atom stereocenters. The number of carbonyl (C=O) groups is 2. The highest BCUT2D eigenvalue weighted by molar-refractivity contribution is 7.99. The average Bonchev–Trinajstić information content (AvgIpc) is 3.26. The molecule has 2 N–H and O–H groups in total. The number of carbonyl (C=O) groups excluding carboxylic acids is 2. The number of nitrogens with one attached hydrogen (secondary N) is 2. The van der Waals surface area contributed by atoms with Gasteiger partial charge in [-0.3, -0.25) is 9.59 Å². The van der Waals surface area contributed by atoms with Crippen LogP contribution < -0.4 is 15.4 Å². The molecular formula is C25H29Cl2N5O3S. The molecule has 0 spiro atoms. The highest BCUT2D eigenvalue weighted by atomic mass is 35.5. The van der Waals surface area contributed by atoms with E-state index < -0.39 is 6.04 Å². The van der Waals surface area contributed by atoms with Crippen molar-refractivity contribution in [2.45, 2.75) is 45.4 Å². The summed E-state index contributed by atoms with van der Waals surface area (Å²) in [6.45, 7) is 9.03. The Kier molecular flexibility index (Phi) is 10.0. The van der Waals surface area contributed by atoms with E-state index in [0.717, 1.165) is 5.75 Å². The van der Waals surface area contributed by atoms with E-state index in [9.17, 15) is 9.59 Å². The monoisotopic (exact) mass is 549 g/mol. The maximum atomic E-state index is 12.9. The molecule has 3 aromatic rings. The van der Waals surface area contributed by atoms with E-state index in [2.05, 4.69) is 20.8 Å². The van der Waals surface area contributed by atoms with Crippen LogP contribution in [0.2, 0.25) is 10.0 Å². The van der Waals surface area contributed by atoms with Crippen LogP contribution in [0.5, 0.6) is 5.75 Å². The molecule has 3 rings (SSSR count). The Morgan fingerprint density at radius 2 is 1.78 bits per heavy atom. The molecule has 0 unspecified atom stereocenters. The zero-order chi connectivity index (χ0) is 26.2. The second-order valence-electron chi connectivity index (χ2n) is 8.20. The maximum Gasteiger partial charge on any atom is 0.251 e. The van der Waals surface area contributed by atoms with Crippen molar-refractivity contribution < 1.29 is 14.3 Å². The van der Waals surface area contributed by atoms with Gasteiger partial charge in [-0.05, 0) is 62.2 Å². The Labute approximate surface area is 225 Å². The van der Waals surface area contributed by atoms with Crippen molar-refractivity contribution in [3.63, 3.8) is 0 Å². The van der Waals surface area contributed by atoms with Crippen molar-refractivity contribution in [2.24, 2.45) is 5.92 Å². The number of rotatable bonds is 11. The normalized spacial score (nSPS) is 11.9. The smallest absolute Gasteiger partial charge is 0.251 e. The van der Waals surface area contributed by atoms with E-state index in [1.165, 1.54) is 17.8 Å². The molecule has 0 aliphatic carbocycles. The van der Waals surface area contributed by atoms with Gasteiger partial charge in [0, 0.05) is 17.8 Å². The Hall–Kier alpha value is -2.75. The van der Waals surface area contributed by atoms with Crippen molar-refractivity contribution in [2.75, 3.05) is 17.7 Å². The van der Waals surface area contributed by atoms with E-state index in [1.807, 2.05) is 44.4 Å². The van der Waals surface area contributed by atoms with Gasteiger partial charge in [0.2, 0.25) is 5.91 Å². The first-order valence-electron chi connectivity index (χ1n) is 11.6. The Morgan fingerprint density at radius 1 is 1.06 bits per heavy atom. The van der Waals surface area contributed by atoms with Crippen LogP contribution in [0.1, 0.15) is 49.9 Å². The van der Waals surface area contributed by atoms with Gasteiger partial charge in [-0.1, -0.05) is 48.8 Å². The predicted octanol–water partition coefficient (Wildman–Crippen LogP) is 5.86. The number of hydrogen-bond donors (Lipinski definition) is 2. The predicted molar refractivity (Wildman–Crippen MR) is 144 cm³/mol. The fourth-order valence-corrected chi connectivity index (χ4v) is 4.56. The van der Waals surface area contributed by atoms with Gasteiger partial charge in [0.05, 0.1) is 28.4 Å². The molecular weight excluding hydrogens is 521 g/mol. The summed E-state index contributed by atoms with van der Waals surface area (Å²) in [5, 5.41) is 15.9. The van der Waals surface area contributed by atoms with Crippen LogP contribution >= 0.6 is 35.0 Å². The first kappa shape index (κ1) is 27.8. The molecule has 2 aromatic carbocycles. The quantitative estimate of drug-likeness (QED) is 0.290.